The van der Waals surface area contributed by atoms with E-state index >= 15 is 0 Å². The first-order valence-corrected chi connectivity index (χ1v) is 8.90. The van der Waals surface area contributed by atoms with Gasteiger partial charge >= 0.3 is 0 Å². The lowest BCUT2D eigenvalue weighted by molar-refractivity contribution is 0.125. The van der Waals surface area contributed by atoms with Gasteiger partial charge in [-0.15, -0.1) is 24.8 Å². The Labute approximate surface area is 166 Å². The number of hydrogen-bond acceptors (Lipinski definition) is 2. The Bertz CT molecular complexity index is 499. The van der Waals surface area contributed by atoms with Crippen LogP contribution in [-0.2, 0) is 0 Å². The normalized spacial score (nSPS) is 20.7. The number of halogens is 5. The first kappa shape index (κ1) is 21.6. The quantitative estimate of drug-likeness (QED) is 0.638. The van der Waals surface area contributed by atoms with Crippen LogP contribution in [0.25, 0.3) is 0 Å². The van der Waals surface area contributed by atoms with Gasteiger partial charge in [-0.3, -0.25) is 4.90 Å². The number of piperazine rings is 1. The molecule has 1 saturated heterocycles. The molecule has 0 unspecified atom stereocenters. The third-order valence-electron chi connectivity index (χ3n) is 4.77. The first-order chi connectivity index (χ1) is 10.2. The Morgan fingerprint density at radius 1 is 0.957 bits per heavy atom. The van der Waals surface area contributed by atoms with Gasteiger partial charge in [0.05, 0.1) is 10.0 Å². The standard InChI is InChI=1S/C16H21Cl3N2.2ClH/c17-12-5-6-13(18)15(19)14(12)16(11-3-1-2-4-11)21-9-7-20-8-10-21;;/h5-6,11,16,20H,1-4,7-10H2;2*1H/t16-;;/m0../s1. The second kappa shape index (κ2) is 9.91. The number of nitrogens with one attached hydrogen (secondary N) is 1. The third-order valence-corrected chi connectivity index (χ3v) is 5.92. The fourth-order valence-corrected chi connectivity index (χ4v) is 4.52. The highest BCUT2D eigenvalue weighted by atomic mass is 35.5. The van der Waals surface area contributed by atoms with Crippen LogP contribution >= 0.6 is 59.6 Å². The van der Waals surface area contributed by atoms with E-state index in [-0.39, 0.29) is 24.8 Å². The van der Waals surface area contributed by atoms with E-state index in [1.807, 2.05) is 6.07 Å². The van der Waals surface area contributed by atoms with Crippen LogP contribution in [0.2, 0.25) is 15.1 Å². The summed E-state index contributed by atoms with van der Waals surface area (Å²) < 4.78 is 0. The van der Waals surface area contributed by atoms with Crippen molar-refractivity contribution >= 4 is 59.6 Å². The maximum absolute atomic E-state index is 6.53. The van der Waals surface area contributed by atoms with Crippen LogP contribution in [-0.4, -0.2) is 31.1 Å². The van der Waals surface area contributed by atoms with Crippen LogP contribution in [0.15, 0.2) is 12.1 Å². The molecule has 2 fully saturated rings. The van der Waals surface area contributed by atoms with Gasteiger partial charge in [0, 0.05) is 42.8 Å². The lowest BCUT2D eigenvalue weighted by atomic mass is 9.89. The Balaban J connectivity index is 0.00000132. The third kappa shape index (κ3) is 4.82. The van der Waals surface area contributed by atoms with Crippen molar-refractivity contribution < 1.29 is 0 Å². The van der Waals surface area contributed by atoms with Crippen molar-refractivity contribution in [3.8, 4) is 0 Å². The summed E-state index contributed by atoms with van der Waals surface area (Å²) in [6.07, 6.45) is 5.13. The van der Waals surface area contributed by atoms with E-state index < -0.39 is 0 Å². The van der Waals surface area contributed by atoms with Crippen molar-refractivity contribution in [3.63, 3.8) is 0 Å². The molecule has 1 aliphatic carbocycles. The molecule has 132 valence electrons. The smallest absolute Gasteiger partial charge is 0.0655 e. The first-order valence-electron chi connectivity index (χ1n) is 7.76. The summed E-state index contributed by atoms with van der Waals surface area (Å²) in [6.45, 7) is 4.14. The van der Waals surface area contributed by atoms with Crippen LogP contribution in [0.5, 0.6) is 0 Å². The topological polar surface area (TPSA) is 15.3 Å². The second-order valence-electron chi connectivity index (χ2n) is 6.03. The van der Waals surface area contributed by atoms with E-state index in [0.29, 0.717) is 22.0 Å². The van der Waals surface area contributed by atoms with Crippen LogP contribution < -0.4 is 5.32 Å². The summed E-state index contributed by atoms with van der Waals surface area (Å²) in [7, 11) is 0. The van der Waals surface area contributed by atoms with Crippen molar-refractivity contribution in [2.45, 2.75) is 31.7 Å². The van der Waals surface area contributed by atoms with Crippen molar-refractivity contribution in [1.82, 2.24) is 10.2 Å². The van der Waals surface area contributed by atoms with Gasteiger partial charge < -0.3 is 5.32 Å². The molecule has 0 amide bonds. The van der Waals surface area contributed by atoms with Crippen LogP contribution in [0, 0.1) is 5.92 Å². The van der Waals surface area contributed by atoms with Crippen molar-refractivity contribution in [3.05, 3.63) is 32.8 Å². The van der Waals surface area contributed by atoms with Crippen molar-refractivity contribution in [2.75, 3.05) is 26.2 Å². The molecule has 23 heavy (non-hydrogen) atoms. The lowest BCUT2D eigenvalue weighted by Crippen LogP contribution is -2.46. The van der Waals surface area contributed by atoms with Gasteiger partial charge in [0.1, 0.15) is 0 Å². The van der Waals surface area contributed by atoms with E-state index in [0.717, 1.165) is 36.8 Å². The van der Waals surface area contributed by atoms with Crippen molar-refractivity contribution in [2.24, 2.45) is 5.92 Å². The summed E-state index contributed by atoms with van der Waals surface area (Å²) >= 11 is 19.3. The molecule has 1 aromatic rings. The summed E-state index contributed by atoms with van der Waals surface area (Å²) in [6, 6.07) is 3.97. The molecule has 1 atom stereocenters. The zero-order valence-corrected chi connectivity index (χ0v) is 16.8. The number of benzene rings is 1. The zero-order valence-electron chi connectivity index (χ0n) is 12.9. The summed E-state index contributed by atoms with van der Waals surface area (Å²) in [4.78, 5) is 2.54. The summed E-state index contributed by atoms with van der Waals surface area (Å²) in [5.41, 5.74) is 1.04. The Morgan fingerprint density at radius 2 is 1.52 bits per heavy atom. The number of hydrogen-bond donors (Lipinski definition) is 1. The minimum Gasteiger partial charge on any atom is -0.314 e. The molecule has 2 nitrogen and oxygen atoms in total. The predicted octanol–water partition coefficient (Wildman–Crippen LogP) is 5.63. The van der Waals surface area contributed by atoms with Gasteiger partial charge in [0.15, 0.2) is 0 Å². The van der Waals surface area contributed by atoms with E-state index in [1.54, 1.807) is 6.07 Å². The molecule has 1 aliphatic heterocycles. The zero-order chi connectivity index (χ0) is 14.8. The van der Waals surface area contributed by atoms with Gasteiger partial charge in [-0.05, 0) is 30.9 Å². The van der Waals surface area contributed by atoms with Gasteiger partial charge in [0.25, 0.3) is 0 Å². The molecule has 1 heterocycles. The molecule has 1 saturated carbocycles. The minimum atomic E-state index is 0. The number of nitrogens with zero attached hydrogens (tertiary/aromatic N) is 1. The molecule has 0 spiro atoms. The molecular formula is C16H23Cl5N2. The Morgan fingerprint density at radius 3 is 2.13 bits per heavy atom. The average Bonchev–Trinajstić information content (AvgIpc) is 3.02. The molecule has 7 heteroatoms. The molecule has 0 bridgehead atoms. The highest BCUT2D eigenvalue weighted by molar-refractivity contribution is 6.44. The lowest BCUT2D eigenvalue weighted by Gasteiger charge is -2.39. The van der Waals surface area contributed by atoms with E-state index in [4.69, 9.17) is 34.8 Å². The van der Waals surface area contributed by atoms with E-state index in [1.165, 1.54) is 25.7 Å². The van der Waals surface area contributed by atoms with Crippen LogP contribution in [0.4, 0.5) is 0 Å². The van der Waals surface area contributed by atoms with Gasteiger partial charge in [0.2, 0.25) is 0 Å². The van der Waals surface area contributed by atoms with Crippen LogP contribution in [0.1, 0.15) is 37.3 Å². The predicted molar refractivity (Wildman–Crippen MR) is 105 cm³/mol. The molecule has 1 N–H and O–H groups in total. The largest absolute Gasteiger partial charge is 0.314 e. The average molecular weight is 421 g/mol. The molecule has 0 radical (unpaired) electrons. The minimum absolute atomic E-state index is 0. The van der Waals surface area contributed by atoms with Gasteiger partial charge in [-0.1, -0.05) is 47.6 Å². The molecule has 2 aliphatic rings. The number of rotatable bonds is 3. The van der Waals surface area contributed by atoms with Gasteiger partial charge in [-0.25, -0.2) is 0 Å². The molecule has 0 aromatic heterocycles. The Kier molecular flexibility index (Phi) is 9.32. The highest BCUT2D eigenvalue weighted by Gasteiger charge is 2.34. The van der Waals surface area contributed by atoms with Crippen molar-refractivity contribution in [1.29, 1.82) is 0 Å². The maximum atomic E-state index is 6.53. The highest BCUT2D eigenvalue weighted by Crippen LogP contribution is 2.46. The molecule has 3 rings (SSSR count). The molecular weight excluding hydrogens is 397 g/mol. The summed E-state index contributed by atoms with van der Waals surface area (Å²) in [5.74, 6) is 0.636. The maximum Gasteiger partial charge on any atom is 0.0655 e. The SMILES string of the molecule is Cl.Cl.Clc1ccc(Cl)c([C@H](C2CCCC2)N2CCNCC2)c1Cl. The second-order valence-corrected chi connectivity index (χ2v) is 7.22. The monoisotopic (exact) mass is 418 g/mol. The van der Waals surface area contributed by atoms with E-state index in [2.05, 4.69) is 10.2 Å². The fourth-order valence-electron chi connectivity index (χ4n) is 3.76. The summed E-state index contributed by atoms with van der Waals surface area (Å²) in [5, 5.41) is 5.41. The van der Waals surface area contributed by atoms with Gasteiger partial charge in [-0.2, -0.15) is 0 Å². The molecule has 1 aromatic carbocycles. The van der Waals surface area contributed by atoms with Crippen LogP contribution in [0.3, 0.4) is 0 Å². The fraction of sp³-hybridized carbons (Fsp3) is 0.625. The Hall–Kier alpha value is 0.590. The van der Waals surface area contributed by atoms with E-state index in [9.17, 15) is 0 Å².